The highest BCUT2D eigenvalue weighted by molar-refractivity contribution is 5.98. The van der Waals surface area contributed by atoms with Gasteiger partial charge in [0.05, 0.1) is 11.4 Å². The lowest BCUT2D eigenvalue weighted by Crippen LogP contribution is -2.44. The molecule has 154 valence electrons. The lowest BCUT2D eigenvalue weighted by molar-refractivity contribution is -0.127. The molecule has 9 nitrogen and oxygen atoms in total. The van der Waals surface area contributed by atoms with Crippen LogP contribution in [0.25, 0.3) is 5.69 Å². The molecule has 1 aromatic heterocycles. The van der Waals surface area contributed by atoms with Crippen molar-refractivity contribution < 1.29 is 19.1 Å². The third kappa shape index (κ3) is 5.28. The van der Waals surface area contributed by atoms with E-state index in [0.717, 1.165) is 5.56 Å². The molecule has 3 aromatic rings. The molecule has 30 heavy (non-hydrogen) atoms. The molecule has 9 heteroatoms. The lowest BCUT2D eigenvalue weighted by atomic mass is 10.2. The Balaban J connectivity index is 1.54. The van der Waals surface area contributed by atoms with Crippen molar-refractivity contribution in [3.05, 3.63) is 77.6 Å². The Kier molecular flexibility index (Phi) is 6.53. The summed E-state index contributed by atoms with van der Waals surface area (Å²) in [4.78, 5) is 37.8. The summed E-state index contributed by atoms with van der Waals surface area (Å²) in [5.41, 5.74) is 1.92. The topological polar surface area (TPSA) is 115 Å². The highest BCUT2D eigenvalue weighted by atomic mass is 16.5. The van der Waals surface area contributed by atoms with Gasteiger partial charge in [-0.15, -0.1) is 5.10 Å². The van der Waals surface area contributed by atoms with Gasteiger partial charge in [0.1, 0.15) is 0 Å². The van der Waals surface area contributed by atoms with Crippen molar-refractivity contribution in [1.29, 1.82) is 0 Å². The minimum absolute atomic E-state index is 0.00738. The molecule has 0 fully saturated rings. The number of hydrogen-bond donors (Lipinski definition) is 2. The fourth-order valence-electron chi connectivity index (χ4n) is 2.55. The molecular weight excluding hydrogens is 386 g/mol. The van der Waals surface area contributed by atoms with Crippen molar-refractivity contribution in [3.63, 3.8) is 0 Å². The van der Waals surface area contributed by atoms with Crippen LogP contribution in [0.4, 0.5) is 4.79 Å². The SMILES string of the molecule is Cc1nn(-c2ccccc2)nc1C(=O)O[C@@H](C)C(=O)NC(=O)NCc1ccccc1. The first-order chi connectivity index (χ1) is 14.4. The van der Waals surface area contributed by atoms with Gasteiger partial charge in [-0.25, -0.2) is 9.59 Å². The maximum atomic E-state index is 12.4. The number of amides is 3. The fourth-order valence-corrected chi connectivity index (χ4v) is 2.55. The Morgan fingerprint density at radius 1 is 1.00 bits per heavy atom. The van der Waals surface area contributed by atoms with Crippen LogP contribution < -0.4 is 10.6 Å². The van der Waals surface area contributed by atoms with Crippen LogP contribution in [-0.2, 0) is 16.1 Å². The zero-order valence-electron chi connectivity index (χ0n) is 16.5. The van der Waals surface area contributed by atoms with E-state index in [0.29, 0.717) is 11.4 Å². The van der Waals surface area contributed by atoms with Crippen LogP contribution in [-0.4, -0.2) is 39.0 Å². The van der Waals surface area contributed by atoms with Gasteiger partial charge in [-0.05, 0) is 31.5 Å². The minimum atomic E-state index is -1.19. The first-order valence-corrected chi connectivity index (χ1v) is 9.27. The molecule has 0 unspecified atom stereocenters. The van der Waals surface area contributed by atoms with E-state index in [-0.39, 0.29) is 12.2 Å². The Labute approximate surface area is 173 Å². The van der Waals surface area contributed by atoms with E-state index in [2.05, 4.69) is 20.8 Å². The van der Waals surface area contributed by atoms with E-state index >= 15 is 0 Å². The molecule has 0 spiro atoms. The number of rotatable bonds is 6. The molecule has 0 saturated heterocycles. The molecule has 2 aromatic carbocycles. The number of nitrogens with zero attached hydrogens (tertiary/aromatic N) is 3. The normalized spacial score (nSPS) is 11.4. The number of urea groups is 1. The lowest BCUT2D eigenvalue weighted by Gasteiger charge is -2.12. The van der Waals surface area contributed by atoms with E-state index < -0.39 is 24.0 Å². The molecule has 1 heterocycles. The van der Waals surface area contributed by atoms with Gasteiger partial charge in [0.2, 0.25) is 0 Å². The maximum Gasteiger partial charge on any atom is 0.361 e. The smallest absolute Gasteiger partial charge is 0.361 e. The summed E-state index contributed by atoms with van der Waals surface area (Å²) in [5, 5.41) is 13.0. The second kappa shape index (κ2) is 9.46. The van der Waals surface area contributed by atoms with Crippen molar-refractivity contribution in [3.8, 4) is 5.69 Å². The predicted molar refractivity (Wildman–Crippen MR) is 108 cm³/mol. The zero-order chi connectivity index (χ0) is 21.5. The average molecular weight is 407 g/mol. The summed E-state index contributed by atoms with van der Waals surface area (Å²) < 4.78 is 5.15. The van der Waals surface area contributed by atoms with Crippen molar-refractivity contribution in [2.75, 3.05) is 0 Å². The molecule has 0 aliphatic carbocycles. The van der Waals surface area contributed by atoms with E-state index in [1.807, 2.05) is 48.5 Å². The number of imide groups is 1. The van der Waals surface area contributed by atoms with Gasteiger partial charge in [0, 0.05) is 6.54 Å². The predicted octanol–water partition coefficient (Wildman–Crippen LogP) is 2.15. The summed E-state index contributed by atoms with van der Waals surface area (Å²) in [6.45, 7) is 3.25. The van der Waals surface area contributed by atoms with E-state index in [1.54, 1.807) is 19.1 Å². The third-order valence-corrected chi connectivity index (χ3v) is 4.15. The van der Waals surface area contributed by atoms with Crippen molar-refractivity contribution in [1.82, 2.24) is 25.6 Å². The molecule has 0 saturated carbocycles. The Hall–Kier alpha value is -4.01. The standard InChI is InChI=1S/C21H21N5O4/c1-14-18(25-26(24-14)17-11-7-4-8-12-17)20(28)30-15(2)19(27)23-21(29)22-13-16-9-5-3-6-10-16/h3-12,15H,13H2,1-2H3,(H2,22,23,27,29)/t15-/m0/s1. The third-order valence-electron chi connectivity index (χ3n) is 4.15. The fraction of sp³-hybridized carbons (Fsp3) is 0.190. The molecule has 2 N–H and O–H groups in total. The maximum absolute atomic E-state index is 12.4. The first kappa shape index (κ1) is 20.7. The van der Waals surface area contributed by atoms with Crippen LogP contribution in [0.3, 0.4) is 0 Å². The number of ether oxygens (including phenoxy) is 1. The van der Waals surface area contributed by atoms with Crippen LogP contribution in [0.2, 0.25) is 0 Å². The average Bonchev–Trinajstić information content (AvgIpc) is 3.15. The van der Waals surface area contributed by atoms with Crippen molar-refractivity contribution in [2.45, 2.75) is 26.5 Å². The van der Waals surface area contributed by atoms with E-state index in [1.165, 1.54) is 11.7 Å². The van der Waals surface area contributed by atoms with E-state index in [9.17, 15) is 14.4 Å². The molecule has 0 bridgehead atoms. The number of aryl methyl sites for hydroxylation is 1. The largest absolute Gasteiger partial charge is 0.448 e. The van der Waals surface area contributed by atoms with Gasteiger partial charge in [0.15, 0.2) is 11.8 Å². The number of aromatic nitrogens is 3. The Morgan fingerprint density at radius 2 is 1.63 bits per heavy atom. The van der Waals surface area contributed by atoms with Gasteiger partial charge in [-0.2, -0.15) is 9.90 Å². The number of para-hydroxylation sites is 1. The van der Waals surface area contributed by atoms with Crippen LogP contribution in [0.15, 0.2) is 60.7 Å². The van der Waals surface area contributed by atoms with Gasteiger partial charge in [-0.1, -0.05) is 48.5 Å². The molecule has 0 aliphatic heterocycles. The van der Waals surface area contributed by atoms with E-state index in [4.69, 9.17) is 4.74 Å². The number of nitrogens with one attached hydrogen (secondary N) is 2. The number of carbonyl (C=O) groups is 3. The Morgan fingerprint density at radius 3 is 2.30 bits per heavy atom. The highest BCUT2D eigenvalue weighted by Gasteiger charge is 2.24. The molecule has 3 amide bonds. The number of hydrogen-bond acceptors (Lipinski definition) is 6. The summed E-state index contributed by atoms with van der Waals surface area (Å²) in [7, 11) is 0. The summed E-state index contributed by atoms with van der Waals surface area (Å²) >= 11 is 0. The summed E-state index contributed by atoms with van der Waals surface area (Å²) in [6, 6.07) is 17.6. The van der Waals surface area contributed by atoms with Crippen LogP contribution >= 0.6 is 0 Å². The quantitative estimate of drug-likeness (QED) is 0.605. The Bertz CT molecular complexity index is 1030. The van der Waals surface area contributed by atoms with Crippen LogP contribution in [0.5, 0.6) is 0 Å². The summed E-state index contributed by atoms with van der Waals surface area (Å²) in [5.74, 6) is -1.55. The first-order valence-electron chi connectivity index (χ1n) is 9.27. The van der Waals surface area contributed by atoms with Crippen molar-refractivity contribution >= 4 is 17.9 Å². The summed E-state index contributed by atoms with van der Waals surface area (Å²) in [6.07, 6.45) is -1.19. The molecule has 1 atom stereocenters. The number of carbonyl (C=O) groups excluding carboxylic acids is 3. The molecule has 0 radical (unpaired) electrons. The minimum Gasteiger partial charge on any atom is -0.448 e. The van der Waals surface area contributed by atoms with Gasteiger partial charge >= 0.3 is 12.0 Å². The second-order valence-electron chi connectivity index (χ2n) is 6.46. The molecule has 0 aliphatic rings. The van der Waals surface area contributed by atoms with Gasteiger partial charge in [-0.3, -0.25) is 10.1 Å². The van der Waals surface area contributed by atoms with Gasteiger partial charge in [0.25, 0.3) is 5.91 Å². The highest BCUT2D eigenvalue weighted by Crippen LogP contribution is 2.10. The zero-order valence-corrected chi connectivity index (χ0v) is 16.5. The van der Waals surface area contributed by atoms with Gasteiger partial charge < -0.3 is 10.1 Å². The van der Waals surface area contributed by atoms with Crippen molar-refractivity contribution in [2.24, 2.45) is 0 Å². The number of esters is 1. The molecule has 3 rings (SSSR count). The van der Waals surface area contributed by atoms with Crippen LogP contribution in [0.1, 0.15) is 28.7 Å². The monoisotopic (exact) mass is 407 g/mol. The second-order valence-corrected chi connectivity index (χ2v) is 6.46. The van der Waals surface area contributed by atoms with Crippen LogP contribution in [0, 0.1) is 6.92 Å². The molecular formula is C21H21N5O4. The number of benzene rings is 2.